The Morgan fingerprint density at radius 1 is 1.22 bits per heavy atom. The van der Waals surface area contributed by atoms with Crippen LogP contribution >= 0.6 is 0 Å². The Balaban J connectivity index is 3.50. The van der Waals surface area contributed by atoms with Gasteiger partial charge in [-0.1, -0.05) is 13.3 Å². The highest BCUT2D eigenvalue weighted by molar-refractivity contribution is 4.72. The van der Waals surface area contributed by atoms with Crippen molar-refractivity contribution < 1.29 is 0 Å². The third kappa shape index (κ3) is 2.79. The molecule has 3 heteroatoms. The molecule has 0 aromatic rings. The van der Waals surface area contributed by atoms with E-state index in [0.717, 1.165) is 6.42 Å². The highest BCUT2D eigenvalue weighted by Gasteiger charge is 2.10. The molecule has 0 aromatic carbocycles. The van der Waals surface area contributed by atoms with E-state index in [1.54, 1.807) is 0 Å². The molecule has 0 fully saturated rings. The van der Waals surface area contributed by atoms with E-state index < -0.39 is 0 Å². The summed E-state index contributed by atoms with van der Waals surface area (Å²) in [5.74, 6) is 0.398. The standard InChI is InChI=1S/C6H17N3/c1-2-5(3-7)6(9)4-8/h5-6H,2-4,7-9H2,1H3. The van der Waals surface area contributed by atoms with E-state index in [2.05, 4.69) is 6.92 Å². The lowest BCUT2D eigenvalue weighted by Gasteiger charge is -2.18. The van der Waals surface area contributed by atoms with Gasteiger partial charge < -0.3 is 17.2 Å². The highest BCUT2D eigenvalue weighted by atomic mass is 14.7. The number of rotatable bonds is 4. The van der Waals surface area contributed by atoms with Crippen LogP contribution < -0.4 is 17.2 Å². The summed E-state index contributed by atoms with van der Waals surface area (Å²) in [6, 6.07) is 0.0833. The summed E-state index contributed by atoms with van der Waals surface area (Å²) in [6.07, 6.45) is 1.02. The van der Waals surface area contributed by atoms with Crippen LogP contribution in [0.2, 0.25) is 0 Å². The predicted octanol–water partition coefficient (Wildman–Crippen LogP) is -0.743. The van der Waals surface area contributed by atoms with E-state index in [9.17, 15) is 0 Å². The molecule has 0 rings (SSSR count). The maximum Gasteiger partial charge on any atom is 0.0203 e. The van der Waals surface area contributed by atoms with Crippen molar-refractivity contribution in [2.75, 3.05) is 13.1 Å². The predicted molar refractivity (Wildman–Crippen MR) is 39.9 cm³/mol. The molecule has 0 saturated carbocycles. The first-order chi connectivity index (χ1) is 4.26. The quantitative estimate of drug-likeness (QED) is 0.470. The van der Waals surface area contributed by atoms with E-state index in [0.29, 0.717) is 19.0 Å². The lowest BCUT2D eigenvalue weighted by atomic mass is 9.98. The molecule has 2 atom stereocenters. The zero-order chi connectivity index (χ0) is 7.28. The molecule has 0 saturated heterocycles. The van der Waals surface area contributed by atoms with Crippen LogP contribution in [0.4, 0.5) is 0 Å². The van der Waals surface area contributed by atoms with Crippen LogP contribution in [-0.4, -0.2) is 19.1 Å². The van der Waals surface area contributed by atoms with Gasteiger partial charge in [-0.15, -0.1) is 0 Å². The van der Waals surface area contributed by atoms with Gasteiger partial charge in [-0.05, 0) is 12.5 Å². The molecule has 0 aromatic heterocycles. The molecular weight excluding hydrogens is 114 g/mol. The summed E-state index contributed by atoms with van der Waals surface area (Å²) < 4.78 is 0. The zero-order valence-corrected chi connectivity index (χ0v) is 6.01. The molecule has 2 unspecified atom stereocenters. The molecule has 9 heavy (non-hydrogen) atoms. The largest absolute Gasteiger partial charge is 0.330 e. The molecule has 0 aliphatic rings. The maximum absolute atomic E-state index is 5.63. The molecular formula is C6H17N3. The van der Waals surface area contributed by atoms with Gasteiger partial charge in [0.15, 0.2) is 0 Å². The lowest BCUT2D eigenvalue weighted by molar-refractivity contribution is 0.422. The van der Waals surface area contributed by atoms with E-state index in [-0.39, 0.29) is 6.04 Å². The van der Waals surface area contributed by atoms with Crippen molar-refractivity contribution in [3.05, 3.63) is 0 Å². The zero-order valence-electron chi connectivity index (χ0n) is 6.01. The topological polar surface area (TPSA) is 78.1 Å². The first-order valence-electron chi connectivity index (χ1n) is 3.42. The molecule has 6 N–H and O–H groups in total. The Morgan fingerprint density at radius 3 is 1.89 bits per heavy atom. The molecule has 0 heterocycles. The van der Waals surface area contributed by atoms with Gasteiger partial charge in [-0.2, -0.15) is 0 Å². The van der Waals surface area contributed by atoms with Crippen molar-refractivity contribution in [1.82, 2.24) is 0 Å². The molecule has 3 nitrogen and oxygen atoms in total. The first kappa shape index (κ1) is 8.88. The van der Waals surface area contributed by atoms with E-state index in [1.165, 1.54) is 0 Å². The normalized spacial score (nSPS) is 17.3. The van der Waals surface area contributed by atoms with Crippen LogP contribution in [0.5, 0.6) is 0 Å². The summed E-state index contributed by atoms with van der Waals surface area (Å²) in [6.45, 7) is 3.26. The molecule has 0 amide bonds. The minimum absolute atomic E-state index is 0.0833. The second-order valence-electron chi connectivity index (χ2n) is 2.30. The minimum Gasteiger partial charge on any atom is -0.330 e. The van der Waals surface area contributed by atoms with Crippen molar-refractivity contribution in [3.8, 4) is 0 Å². The highest BCUT2D eigenvalue weighted by Crippen LogP contribution is 2.02. The molecule has 0 aliphatic heterocycles. The first-order valence-corrected chi connectivity index (χ1v) is 3.42. The van der Waals surface area contributed by atoms with Crippen LogP contribution in [-0.2, 0) is 0 Å². The van der Waals surface area contributed by atoms with E-state index in [4.69, 9.17) is 17.2 Å². The second-order valence-corrected chi connectivity index (χ2v) is 2.30. The average molecular weight is 131 g/mol. The van der Waals surface area contributed by atoms with Gasteiger partial charge in [0.2, 0.25) is 0 Å². The van der Waals surface area contributed by atoms with Crippen molar-refractivity contribution in [3.63, 3.8) is 0 Å². The Morgan fingerprint density at radius 2 is 1.78 bits per heavy atom. The van der Waals surface area contributed by atoms with Gasteiger partial charge in [0.1, 0.15) is 0 Å². The van der Waals surface area contributed by atoms with E-state index >= 15 is 0 Å². The number of hydrogen-bond acceptors (Lipinski definition) is 3. The third-order valence-electron chi connectivity index (χ3n) is 1.70. The summed E-state index contributed by atoms with van der Waals surface area (Å²) in [7, 11) is 0. The minimum atomic E-state index is 0.0833. The Hall–Kier alpha value is -0.120. The summed E-state index contributed by atoms with van der Waals surface area (Å²) in [5, 5.41) is 0. The Kier molecular flexibility index (Phi) is 4.67. The molecule has 0 radical (unpaired) electrons. The molecule has 0 aliphatic carbocycles. The third-order valence-corrected chi connectivity index (χ3v) is 1.70. The Labute approximate surface area is 56.6 Å². The fraction of sp³-hybridized carbons (Fsp3) is 1.00. The maximum atomic E-state index is 5.63. The summed E-state index contributed by atoms with van der Waals surface area (Å²) in [4.78, 5) is 0. The van der Waals surface area contributed by atoms with Crippen molar-refractivity contribution in [1.29, 1.82) is 0 Å². The number of hydrogen-bond donors (Lipinski definition) is 3. The molecule has 0 spiro atoms. The van der Waals surface area contributed by atoms with Crippen molar-refractivity contribution >= 4 is 0 Å². The molecule has 0 bridgehead atoms. The summed E-state index contributed by atoms with van der Waals surface area (Å²) in [5.41, 5.74) is 16.4. The monoisotopic (exact) mass is 131 g/mol. The van der Waals surface area contributed by atoms with Crippen molar-refractivity contribution in [2.45, 2.75) is 19.4 Å². The van der Waals surface area contributed by atoms with Crippen molar-refractivity contribution in [2.24, 2.45) is 23.1 Å². The van der Waals surface area contributed by atoms with Gasteiger partial charge in [-0.25, -0.2) is 0 Å². The summed E-state index contributed by atoms with van der Waals surface area (Å²) >= 11 is 0. The van der Waals surface area contributed by atoms with Crippen LogP contribution in [0.25, 0.3) is 0 Å². The van der Waals surface area contributed by atoms with Gasteiger partial charge in [0, 0.05) is 12.6 Å². The van der Waals surface area contributed by atoms with Gasteiger partial charge in [0.25, 0.3) is 0 Å². The number of nitrogens with two attached hydrogens (primary N) is 3. The average Bonchev–Trinajstić information content (AvgIpc) is 1.90. The fourth-order valence-electron chi connectivity index (χ4n) is 0.837. The van der Waals surface area contributed by atoms with Crippen LogP contribution in [0.15, 0.2) is 0 Å². The fourth-order valence-corrected chi connectivity index (χ4v) is 0.837. The van der Waals surface area contributed by atoms with Crippen LogP contribution in [0.3, 0.4) is 0 Å². The lowest BCUT2D eigenvalue weighted by Crippen LogP contribution is -2.40. The van der Waals surface area contributed by atoms with E-state index in [1.807, 2.05) is 0 Å². The van der Waals surface area contributed by atoms with Gasteiger partial charge in [-0.3, -0.25) is 0 Å². The van der Waals surface area contributed by atoms with Gasteiger partial charge >= 0.3 is 0 Å². The smallest absolute Gasteiger partial charge is 0.0203 e. The van der Waals surface area contributed by atoms with Crippen LogP contribution in [0.1, 0.15) is 13.3 Å². The van der Waals surface area contributed by atoms with Crippen LogP contribution in [0, 0.1) is 5.92 Å². The molecule has 56 valence electrons. The van der Waals surface area contributed by atoms with Gasteiger partial charge in [0.05, 0.1) is 0 Å². The second kappa shape index (κ2) is 4.73. The Bertz CT molecular complexity index is 61.3. The SMILES string of the molecule is CCC(CN)C(N)CN.